The zero-order valence-corrected chi connectivity index (χ0v) is 17.9. The molecule has 0 fully saturated rings. The number of carbonyl (C=O) groups is 1. The monoisotopic (exact) mass is 443 g/mol. The highest BCUT2D eigenvalue weighted by molar-refractivity contribution is 6.33. The minimum atomic E-state index is -0.472. The topological polar surface area (TPSA) is 114 Å². The number of nitrogens with one attached hydrogen (secondary N) is 1. The number of rotatable bonds is 9. The first-order valence-electron chi connectivity index (χ1n) is 9.72. The Morgan fingerprint density at radius 2 is 2.00 bits per heavy atom. The molecule has 10 heteroatoms. The van der Waals surface area contributed by atoms with E-state index in [0.29, 0.717) is 40.2 Å². The molecule has 9 nitrogen and oxygen atoms in total. The Kier molecular flexibility index (Phi) is 7.32. The van der Waals surface area contributed by atoms with Crippen molar-refractivity contribution in [2.75, 3.05) is 18.4 Å². The lowest BCUT2D eigenvalue weighted by atomic mass is 10.1. The van der Waals surface area contributed by atoms with E-state index >= 15 is 0 Å². The molecule has 0 aliphatic carbocycles. The van der Waals surface area contributed by atoms with Crippen molar-refractivity contribution in [1.29, 1.82) is 0 Å². The molecule has 1 heterocycles. The number of hydrogen-bond donors (Lipinski definition) is 1. The van der Waals surface area contributed by atoms with Crippen molar-refractivity contribution in [3.8, 4) is 11.5 Å². The van der Waals surface area contributed by atoms with Gasteiger partial charge in [0.2, 0.25) is 17.7 Å². The van der Waals surface area contributed by atoms with Crippen LogP contribution in [-0.2, 0) is 11.3 Å². The Labute approximate surface area is 184 Å². The van der Waals surface area contributed by atoms with Gasteiger partial charge in [-0.3, -0.25) is 19.8 Å². The van der Waals surface area contributed by atoms with Gasteiger partial charge in [0.15, 0.2) is 0 Å². The van der Waals surface area contributed by atoms with E-state index in [-0.39, 0.29) is 24.7 Å². The Morgan fingerprint density at radius 1 is 1.23 bits per heavy atom. The van der Waals surface area contributed by atoms with E-state index in [9.17, 15) is 14.9 Å². The Balaban J connectivity index is 1.68. The van der Waals surface area contributed by atoms with E-state index in [0.717, 1.165) is 6.42 Å². The maximum absolute atomic E-state index is 12.6. The predicted molar refractivity (Wildman–Crippen MR) is 117 cm³/mol. The molecule has 3 aromatic rings. The molecule has 1 aromatic heterocycles. The van der Waals surface area contributed by atoms with E-state index < -0.39 is 4.92 Å². The van der Waals surface area contributed by atoms with E-state index in [2.05, 4.69) is 15.5 Å². The molecule has 162 valence electrons. The average Bonchev–Trinajstić information content (AvgIpc) is 3.18. The maximum atomic E-state index is 12.6. The molecular weight excluding hydrogens is 422 g/mol. The minimum absolute atomic E-state index is 0.0406. The molecule has 0 radical (unpaired) electrons. The quantitative estimate of drug-likeness (QED) is 0.383. The molecule has 0 spiro atoms. The predicted octanol–water partition coefficient (Wildman–Crippen LogP) is 4.46. The summed E-state index contributed by atoms with van der Waals surface area (Å²) >= 11 is 6.18. The number of nitro benzene ring substituents is 1. The molecule has 2 aromatic carbocycles. The van der Waals surface area contributed by atoms with Gasteiger partial charge in [-0.15, -0.1) is 10.2 Å². The molecule has 31 heavy (non-hydrogen) atoms. The standard InChI is InChI=1S/C21H22ClN5O4/c1-3-11-26(12-19(28)23-17-9-6-10-18(14(17)2)27(29)30)13-20-24-25-21(31-20)15-7-4-5-8-16(15)22/h4-10H,3,11-13H2,1-2H3,(H,23,28). The van der Waals surface area contributed by atoms with Crippen molar-refractivity contribution in [2.45, 2.75) is 26.8 Å². The number of nitrogens with zero attached hydrogens (tertiary/aromatic N) is 4. The number of halogens is 1. The van der Waals surface area contributed by atoms with E-state index in [4.69, 9.17) is 16.0 Å². The van der Waals surface area contributed by atoms with Crippen molar-refractivity contribution in [3.05, 3.63) is 69.1 Å². The van der Waals surface area contributed by atoms with Crippen LogP contribution in [0.3, 0.4) is 0 Å². The van der Waals surface area contributed by atoms with Crippen LogP contribution in [0.4, 0.5) is 11.4 Å². The molecule has 0 aliphatic heterocycles. The summed E-state index contributed by atoms with van der Waals surface area (Å²) in [6.07, 6.45) is 0.814. The summed E-state index contributed by atoms with van der Waals surface area (Å²) in [5, 5.41) is 22.5. The lowest BCUT2D eigenvalue weighted by Crippen LogP contribution is -2.33. The number of aromatic nitrogens is 2. The fraction of sp³-hybridized carbons (Fsp3) is 0.286. The maximum Gasteiger partial charge on any atom is 0.274 e. The van der Waals surface area contributed by atoms with Gasteiger partial charge >= 0.3 is 0 Å². The van der Waals surface area contributed by atoms with Crippen molar-refractivity contribution < 1.29 is 14.1 Å². The highest BCUT2D eigenvalue weighted by Gasteiger charge is 2.19. The third-order valence-corrected chi connectivity index (χ3v) is 4.94. The summed E-state index contributed by atoms with van der Waals surface area (Å²) in [5.41, 5.74) is 1.42. The fourth-order valence-electron chi connectivity index (χ4n) is 3.13. The molecule has 0 saturated heterocycles. The molecule has 0 aliphatic rings. The number of carbonyl (C=O) groups excluding carboxylic acids is 1. The summed E-state index contributed by atoms with van der Waals surface area (Å²) in [6, 6.07) is 11.8. The van der Waals surface area contributed by atoms with Crippen molar-refractivity contribution >= 4 is 28.9 Å². The van der Waals surface area contributed by atoms with Gasteiger partial charge in [-0.2, -0.15) is 0 Å². The summed E-state index contributed by atoms with van der Waals surface area (Å²) in [7, 11) is 0. The van der Waals surface area contributed by atoms with E-state index in [1.54, 1.807) is 31.2 Å². The molecular formula is C21H22ClN5O4. The van der Waals surface area contributed by atoms with Crippen molar-refractivity contribution in [2.24, 2.45) is 0 Å². The van der Waals surface area contributed by atoms with Crippen LogP contribution in [0.15, 0.2) is 46.9 Å². The van der Waals surface area contributed by atoms with Gasteiger partial charge in [0.1, 0.15) is 0 Å². The van der Waals surface area contributed by atoms with Gasteiger partial charge in [-0.25, -0.2) is 0 Å². The van der Waals surface area contributed by atoms with Crippen LogP contribution in [0.5, 0.6) is 0 Å². The van der Waals surface area contributed by atoms with Crippen LogP contribution in [0.25, 0.3) is 11.5 Å². The van der Waals surface area contributed by atoms with E-state index in [1.165, 1.54) is 6.07 Å². The van der Waals surface area contributed by atoms with Gasteiger partial charge in [0.05, 0.1) is 39.8 Å². The summed E-state index contributed by atoms with van der Waals surface area (Å²) in [6.45, 7) is 4.59. The molecule has 0 saturated carbocycles. The molecule has 0 atom stereocenters. The van der Waals surface area contributed by atoms with Gasteiger partial charge in [-0.1, -0.05) is 36.7 Å². The second-order valence-electron chi connectivity index (χ2n) is 6.95. The largest absolute Gasteiger partial charge is 0.419 e. The fourth-order valence-corrected chi connectivity index (χ4v) is 3.35. The van der Waals surface area contributed by atoms with Crippen LogP contribution in [0.2, 0.25) is 5.02 Å². The average molecular weight is 444 g/mol. The zero-order chi connectivity index (χ0) is 22.4. The van der Waals surface area contributed by atoms with Crippen LogP contribution >= 0.6 is 11.6 Å². The van der Waals surface area contributed by atoms with Gasteiger partial charge in [0, 0.05) is 6.07 Å². The van der Waals surface area contributed by atoms with Crippen molar-refractivity contribution in [1.82, 2.24) is 15.1 Å². The smallest absolute Gasteiger partial charge is 0.274 e. The lowest BCUT2D eigenvalue weighted by Gasteiger charge is -2.19. The lowest BCUT2D eigenvalue weighted by molar-refractivity contribution is -0.385. The highest BCUT2D eigenvalue weighted by atomic mass is 35.5. The zero-order valence-electron chi connectivity index (χ0n) is 17.2. The molecule has 1 amide bonds. The van der Waals surface area contributed by atoms with E-state index in [1.807, 2.05) is 24.0 Å². The minimum Gasteiger partial charge on any atom is -0.419 e. The van der Waals surface area contributed by atoms with Crippen LogP contribution in [0.1, 0.15) is 24.8 Å². The molecule has 0 bridgehead atoms. The molecule has 0 unspecified atom stereocenters. The summed E-state index contributed by atoms with van der Waals surface area (Å²) < 4.78 is 5.73. The number of nitro groups is 1. The highest BCUT2D eigenvalue weighted by Crippen LogP contribution is 2.27. The summed E-state index contributed by atoms with van der Waals surface area (Å²) in [5.74, 6) is 0.388. The Morgan fingerprint density at radius 3 is 2.71 bits per heavy atom. The van der Waals surface area contributed by atoms with Gasteiger partial charge < -0.3 is 9.73 Å². The first-order valence-corrected chi connectivity index (χ1v) is 10.1. The first-order chi connectivity index (χ1) is 14.9. The Bertz CT molecular complexity index is 1090. The van der Waals surface area contributed by atoms with Crippen LogP contribution in [-0.4, -0.2) is 39.0 Å². The summed E-state index contributed by atoms with van der Waals surface area (Å²) in [4.78, 5) is 25.1. The second kappa shape index (κ2) is 10.1. The number of amides is 1. The van der Waals surface area contributed by atoms with Crippen LogP contribution < -0.4 is 5.32 Å². The third-order valence-electron chi connectivity index (χ3n) is 4.61. The number of hydrogen-bond acceptors (Lipinski definition) is 7. The number of benzene rings is 2. The molecule has 1 N–H and O–H groups in total. The van der Waals surface area contributed by atoms with Gasteiger partial charge in [-0.05, 0) is 38.1 Å². The Hall–Kier alpha value is -3.30. The van der Waals surface area contributed by atoms with Crippen molar-refractivity contribution in [3.63, 3.8) is 0 Å². The van der Waals surface area contributed by atoms with Gasteiger partial charge in [0.25, 0.3) is 5.69 Å². The normalized spacial score (nSPS) is 11.0. The molecule has 3 rings (SSSR count). The van der Waals surface area contributed by atoms with Crippen LogP contribution in [0, 0.1) is 17.0 Å². The number of anilines is 1. The SMILES string of the molecule is CCCN(CC(=O)Nc1cccc([N+](=O)[O-])c1C)Cc1nnc(-c2ccccc2Cl)o1. The first kappa shape index (κ1) is 22.4. The second-order valence-corrected chi connectivity index (χ2v) is 7.35. The third kappa shape index (κ3) is 5.65.